The molecule has 3 aromatic rings. The van der Waals surface area contributed by atoms with Crippen LogP contribution in [0.5, 0.6) is 5.75 Å². The van der Waals surface area contributed by atoms with Gasteiger partial charge in [0, 0.05) is 30.4 Å². The molecule has 0 fully saturated rings. The predicted octanol–water partition coefficient (Wildman–Crippen LogP) is 4.80. The van der Waals surface area contributed by atoms with Gasteiger partial charge in [0.2, 0.25) is 0 Å². The molecule has 3 rings (SSSR count). The number of nitrogens with zero attached hydrogens (tertiary/aromatic N) is 1. The highest BCUT2D eigenvalue weighted by Gasteiger charge is 2.32. The molecule has 0 heterocycles. The molecule has 0 saturated heterocycles. The first-order chi connectivity index (χ1) is 15.4. The van der Waals surface area contributed by atoms with Gasteiger partial charge in [0.1, 0.15) is 11.6 Å². The molecule has 6 nitrogen and oxygen atoms in total. The Morgan fingerprint density at radius 3 is 2.18 bits per heavy atom. The van der Waals surface area contributed by atoms with E-state index in [0.29, 0.717) is 0 Å². The number of benzene rings is 3. The first-order valence-electron chi connectivity index (χ1n) is 9.42. The maximum absolute atomic E-state index is 13.0. The number of halogens is 4. The fraction of sp³-hybridized carbons (Fsp3) is 0.136. The van der Waals surface area contributed by atoms with Gasteiger partial charge >= 0.3 is 6.36 Å². The normalized spacial score (nSPS) is 11.7. The van der Waals surface area contributed by atoms with Crippen molar-refractivity contribution in [3.05, 3.63) is 89.7 Å². The number of hydrogen-bond acceptors (Lipinski definition) is 4. The van der Waals surface area contributed by atoms with Crippen LogP contribution in [0.4, 0.5) is 23.2 Å². The van der Waals surface area contributed by atoms with E-state index >= 15 is 0 Å². The monoisotopic (exact) mass is 482 g/mol. The molecule has 0 bridgehead atoms. The van der Waals surface area contributed by atoms with E-state index < -0.39 is 33.9 Å². The Labute approximate surface area is 187 Å². The summed E-state index contributed by atoms with van der Waals surface area (Å²) in [5, 5.41) is 0. The second-order valence-corrected chi connectivity index (χ2v) is 8.64. The molecule has 1 amide bonds. The van der Waals surface area contributed by atoms with Crippen molar-refractivity contribution >= 4 is 21.6 Å². The lowest BCUT2D eigenvalue weighted by molar-refractivity contribution is -0.275. The minimum Gasteiger partial charge on any atom is -0.405 e. The van der Waals surface area contributed by atoms with Crippen LogP contribution in [0.25, 0.3) is 0 Å². The summed E-state index contributed by atoms with van der Waals surface area (Å²) in [5.74, 6) is -1.48. The Hall–Kier alpha value is -3.60. The van der Waals surface area contributed by atoms with Gasteiger partial charge in [-0.2, -0.15) is 0 Å². The van der Waals surface area contributed by atoms with Crippen LogP contribution < -0.4 is 9.46 Å². The van der Waals surface area contributed by atoms with Crippen LogP contribution in [0, 0.1) is 5.82 Å². The SMILES string of the molecule is CN(Cc1ccccc1OC(F)(F)F)C(=O)c1ccc(NS(=O)(=O)c2ccc(F)cc2)cc1. The van der Waals surface area contributed by atoms with Gasteiger partial charge in [0.15, 0.2) is 0 Å². The molecule has 0 saturated carbocycles. The topological polar surface area (TPSA) is 75.7 Å². The zero-order valence-corrected chi connectivity index (χ0v) is 18.0. The molecule has 0 aliphatic heterocycles. The van der Waals surface area contributed by atoms with E-state index in [-0.39, 0.29) is 28.3 Å². The van der Waals surface area contributed by atoms with Crippen molar-refractivity contribution in [2.45, 2.75) is 17.8 Å². The molecule has 0 aliphatic carbocycles. The molecule has 0 aliphatic rings. The Morgan fingerprint density at radius 2 is 1.58 bits per heavy atom. The van der Waals surface area contributed by atoms with Crippen LogP contribution in [0.2, 0.25) is 0 Å². The van der Waals surface area contributed by atoms with Gasteiger partial charge in [-0.05, 0) is 54.6 Å². The number of rotatable bonds is 7. The Kier molecular flexibility index (Phi) is 6.92. The molecular weight excluding hydrogens is 464 g/mol. The summed E-state index contributed by atoms with van der Waals surface area (Å²) in [6.07, 6.45) is -4.87. The van der Waals surface area contributed by atoms with Gasteiger partial charge in [-0.15, -0.1) is 13.2 Å². The number of carbonyl (C=O) groups is 1. The molecule has 0 spiro atoms. The minimum absolute atomic E-state index is 0.136. The highest BCUT2D eigenvalue weighted by Crippen LogP contribution is 2.27. The van der Waals surface area contributed by atoms with Crippen molar-refractivity contribution in [1.29, 1.82) is 0 Å². The van der Waals surface area contributed by atoms with Crippen LogP contribution >= 0.6 is 0 Å². The number of nitrogens with one attached hydrogen (secondary N) is 1. The summed E-state index contributed by atoms with van der Waals surface area (Å²) in [6, 6.07) is 15.2. The third-order valence-electron chi connectivity index (χ3n) is 4.46. The third-order valence-corrected chi connectivity index (χ3v) is 5.86. The molecule has 33 heavy (non-hydrogen) atoms. The predicted molar refractivity (Wildman–Crippen MR) is 113 cm³/mol. The van der Waals surface area contributed by atoms with E-state index in [1.807, 2.05) is 0 Å². The highest BCUT2D eigenvalue weighted by molar-refractivity contribution is 7.92. The molecule has 11 heteroatoms. The van der Waals surface area contributed by atoms with Crippen LogP contribution in [-0.2, 0) is 16.6 Å². The van der Waals surface area contributed by atoms with E-state index in [1.54, 1.807) is 0 Å². The summed E-state index contributed by atoms with van der Waals surface area (Å²) in [7, 11) is -2.54. The summed E-state index contributed by atoms with van der Waals surface area (Å²) in [5.41, 5.74) is 0.522. The molecule has 0 radical (unpaired) electrons. The first kappa shape index (κ1) is 24.1. The minimum atomic E-state index is -4.87. The van der Waals surface area contributed by atoms with Gasteiger partial charge in [-0.25, -0.2) is 12.8 Å². The van der Waals surface area contributed by atoms with Crippen molar-refractivity contribution < 1.29 is 35.5 Å². The number of amides is 1. The molecule has 0 atom stereocenters. The zero-order chi connectivity index (χ0) is 24.2. The summed E-state index contributed by atoms with van der Waals surface area (Å²) < 4.78 is 81.9. The largest absolute Gasteiger partial charge is 0.573 e. The number of anilines is 1. The molecule has 1 N–H and O–H groups in total. The van der Waals surface area contributed by atoms with Crippen molar-refractivity contribution in [1.82, 2.24) is 4.90 Å². The standard InChI is InChI=1S/C22H18F4N2O4S/c1-28(14-16-4-2-3-5-20(16)32-22(24,25)26)21(29)15-6-10-18(11-7-15)27-33(30,31)19-12-8-17(23)9-13-19/h2-13,27H,14H2,1H3. The fourth-order valence-electron chi connectivity index (χ4n) is 2.92. The maximum atomic E-state index is 13.0. The van der Waals surface area contributed by atoms with E-state index in [1.165, 1.54) is 54.4 Å². The van der Waals surface area contributed by atoms with Crippen LogP contribution in [0.1, 0.15) is 15.9 Å². The average Bonchev–Trinajstić information content (AvgIpc) is 2.74. The molecule has 3 aromatic carbocycles. The third kappa shape index (κ3) is 6.45. The Balaban J connectivity index is 1.70. The number of alkyl halides is 3. The number of sulfonamides is 1. The second kappa shape index (κ2) is 9.49. The van der Waals surface area contributed by atoms with Crippen molar-refractivity contribution in [2.24, 2.45) is 0 Å². The Bertz CT molecular complexity index is 1230. The van der Waals surface area contributed by atoms with Crippen LogP contribution in [0.15, 0.2) is 77.7 Å². The van der Waals surface area contributed by atoms with Crippen LogP contribution in [0.3, 0.4) is 0 Å². The van der Waals surface area contributed by atoms with Crippen molar-refractivity contribution in [3.63, 3.8) is 0 Å². The van der Waals surface area contributed by atoms with E-state index in [2.05, 4.69) is 9.46 Å². The first-order valence-corrected chi connectivity index (χ1v) is 10.9. The average molecular weight is 482 g/mol. The highest BCUT2D eigenvalue weighted by atomic mass is 32.2. The van der Waals surface area contributed by atoms with E-state index in [9.17, 15) is 30.8 Å². The molecular formula is C22H18F4N2O4S. The fourth-order valence-corrected chi connectivity index (χ4v) is 3.97. The molecule has 0 aromatic heterocycles. The lowest BCUT2D eigenvalue weighted by atomic mass is 10.1. The number of carbonyl (C=O) groups excluding carboxylic acids is 1. The van der Waals surface area contributed by atoms with Gasteiger partial charge < -0.3 is 9.64 Å². The Morgan fingerprint density at radius 1 is 0.970 bits per heavy atom. The van der Waals surface area contributed by atoms with Crippen molar-refractivity contribution in [3.8, 4) is 5.75 Å². The number of hydrogen-bond donors (Lipinski definition) is 1. The quantitative estimate of drug-likeness (QED) is 0.491. The summed E-state index contributed by atoms with van der Waals surface area (Å²) >= 11 is 0. The second-order valence-electron chi connectivity index (χ2n) is 6.95. The zero-order valence-electron chi connectivity index (χ0n) is 17.1. The lowest BCUT2D eigenvalue weighted by Crippen LogP contribution is -2.27. The van der Waals surface area contributed by atoms with Gasteiger partial charge in [-0.1, -0.05) is 18.2 Å². The van der Waals surface area contributed by atoms with Crippen LogP contribution in [-0.4, -0.2) is 32.6 Å². The maximum Gasteiger partial charge on any atom is 0.573 e. The van der Waals surface area contributed by atoms with Crippen molar-refractivity contribution in [2.75, 3.05) is 11.8 Å². The smallest absolute Gasteiger partial charge is 0.405 e. The lowest BCUT2D eigenvalue weighted by Gasteiger charge is -2.20. The molecule has 0 unspecified atom stereocenters. The van der Waals surface area contributed by atoms with Gasteiger partial charge in [0.05, 0.1) is 4.90 Å². The summed E-state index contributed by atoms with van der Waals surface area (Å²) in [4.78, 5) is 13.8. The molecule has 174 valence electrons. The van der Waals surface area contributed by atoms with Gasteiger partial charge in [0.25, 0.3) is 15.9 Å². The number of para-hydroxylation sites is 1. The summed E-state index contributed by atoms with van der Waals surface area (Å²) in [6.45, 7) is -0.149. The van der Waals surface area contributed by atoms with E-state index in [0.717, 1.165) is 30.3 Å². The van der Waals surface area contributed by atoms with E-state index in [4.69, 9.17) is 0 Å². The van der Waals surface area contributed by atoms with Gasteiger partial charge in [-0.3, -0.25) is 9.52 Å². The number of ether oxygens (including phenoxy) is 1.